The minimum absolute atomic E-state index is 0.0166. The van der Waals surface area contributed by atoms with Gasteiger partial charge in [-0.3, -0.25) is 24.5 Å². The van der Waals surface area contributed by atoms with Crippen LogP contribution in [-0.2, 0) is 10.0 Å². The Kier molecular flexibility index (Phi) is 4.71. The first kappa shape index (κ1) is 17.6. The van der Waals surface area contributed by atoms with E-state index in [9.17, 15) is 28.6 Å². The molecule has 0 aliphatic heterocycles. The maximum atomic E-state index is 12.6. The smallest absolute Gasteiger partial charge is 0.268 e. The second-order valence-electron chi connectivity index (χ2n) is 4.62. The van der Waals surface area contributed by atoms with Gasteiger partial charge in [0.25, 0.3) is 21.4 Å². The summed E-state index contributed by atoms with van der Waals surface area (Å²) in [5, 5.41) is 21.6. The summed E-state index contributed by atoms with van der Waals surface area (Å²) in [5.41, 5.74) is -0.845. The molecule has 9 nitrogen and oxygen atoms in total. The molecular formula is C13H10ClN3O6S. The molecule has 0 aliphatic rings. The van der Waals surface area contributed by atoms with Crippen molar-refractivity contribution in [3.63, 3.8) is 0 Å². The first-order chi connectivity index (χ1) is 11.1. The average molecular weight is 372 g/mol. The molecule has 0 unspecified atom stereocenters. The van der Waals surface area contributed by atoms with Gasteiger partial charge in [0.1, 0.15) is 0 Å². The normalized spacial score (nSPS) is 11.1. The molecule has 0 saturated carbocycles. The Labute approximate surface area is 141 Å². The fourth-order valence-corrected chi connectivity index (χ4v) is 3.44. The van der Waals surface area contributed by atoms with Crippen molar-refractivity contribution in [2.45, 2.75) is 4.90 Å². The number of non-ortho nitro benzene ring substituents is 2. The number of hydrogen-bond acceptors (Lipinski definition) is 6. The van der Waals surface area contributed by atoms with Crippen LogP contribution in [0.25, 0.3) is 0 Å². The number of nitro groups is 2. The Morgan fingerprint density at radius 3 is 2.17 bits per heavy atom. The largest absolute Gasteiger partial charge is 0.271 e. The molecule has 0 aromatic heterocycles. The SMILES string of the molecule is CN(c1cc([N+](=O)[O-])ccc1Cl)S(=O)(=O)c1cccc([N+](=O)[O-])c1. The van der Waals surface area contributed by atoms with Crippen molar-refractivity contribution in [1.82, 2.24) is 0 Å². The summed E-state index contributed by atoms with van der Waals surface area (Å²) in [5.74, 6) is 0. The molecule has 126 valence electrons. The van der Waals surface area contributed by atoms with E-state index in [2.05, 4.69) is 0 Å². The standard InChI is InChI=1S/C13H10ClN3O6S/c1-15(13-8-10(17(20)21)5-6-12(13)14)24(22,23)11-4-2-3-9(7-11)16(18)19/h2-8H,1H3. The van der Waals surface area contributed by atoms with Gasteiger partial charge in [-0.1, -0.05) is 17.7 Å². The molecule has 0 aliphatic carbocycles. The molecule has 24 heavy (non-hydrogen) atoms. The van der Waals surface area contributed by atoms with Gasteiger partial charge in [0.15, 0.2) is 0 Å². The van der Waals surface area contributed by atoms with Crippen LogP contribution in [0.5, 0.6) is 0 Å². The van der Waals surface area contributed by atoms with Gasteiger partial charge < -0.3 is 0 Å². The van der Waals surface area contributed by atoms with Crippen molar-refractivity contribution in [1.29, 1.82) is 0 Å². The van der Waals surface area contributed by atoms with Crippen molar-refractivity contribution >= 4 is 38.7 Å². The van der Waals surface area contributed by atoms with Gasteiger partial charge in [0.2, 0.25) is 0 Å². The third-order valence-corrected chi connectivity index (χ3v) is 5.25. The average Bonchev–Trinajstić information content (AvgIpc) is 2.54. The molecule has 0 saturated heterocycles. The number of halogens is 1. The van der Waals surface area contributed by atoms with Crippen LogP contribution in [0.2, 0.25) is 5.02 Å². The van der Waals surface area contributed by atoms with Crippen LogP contribution < -0.4 is 4.31 Å². The van der Waals surface area contributed by atoms with Gasteiger partial charge in [-0.2, -0.15) is 0 Å². The summed E-state index contributed by atoms with van der Waals surface area (Å²) in [6.07, 6.45) is 0. The second kappa shape index (κ2) is 6.42. The number of rotatable bonds is 5. The van der Waals surface area contributed by atoms with E-state index in [1.165, 1.54) is 18.2 Å². The quantitative estimate of drug-likeness (QED) is 0.587. The highest BCUT2D eigenvalue weighted by atomic mass is 35.5. The summed E-state index contributed by atoms with van der Waals surface area (Å²) >= 11 is 5.93. The molecule has 0 spiro atoms. The van der Waals surface area contributed by atoms with E-state index in [4.69, 9.17) is 11.6 Å². The molecule has 2 rings (SSSR count). The fourth-order valence-electron chi connectivity index (χ4n) is 1.90. The molecule has 0 amide bonds. The summed E-state index contributed by atoms with van der Waals surface area (Å²) in [7, 11) is -3.04. The molecule has 0 N–H and O–H groups in total. The predicted octanol–water partition coefficient (Wildman–Crippen LogP) is 2.98. The lowest BCUT2D eigenvalue weighted by Crippen LogP contribution is -2.27. The van der Waals surface area contributed by atoms with Crippen LogP contribution in [0.1, 0.15) is 0 Å². The minimum atomic E-state index is -4.19. The maximum absolute atomic E-state index is 12.6. The number of hydrogen-bond donors (Lipinski definition) is 0. The van der Waals surface area contributed by atoms with Gasteiger partial charge in [-0.05, 0) is 12.1 Å². The molecule has 0 bridgehead atoms. The highest BCUT2D eigenvalue weighted by Gasteiger charge is 2.26. The second-order valence-corrected chi connectivity index (χ2v) is 7.00. The van der Waals surface area contributed by atoms with Crippen LogP contribution in [0.15, 0.2) is 47.4 Å². The Balaban J connectivity index is 2.54. The zero-order valence-corrected chi connectivity index (χ0v) is 13.7. The van der Waals surface area contributed by atoms with E-state index in [1.54, 1.807) is 0 Å². The Hall–Kier alpha value is -2.72. The van der Waals surface area contributed by atoms with E-state index in [0.29, 0.717) is 0 Å². The van der Waals surface area contributed by atoms with Crippen molar-refractivity contribution in [2.75, 3.05) is 11.4 Å². The molecule has 0 radical (unpaired) electrons. The van der Waals surface area contributed by atoms with Gasteiger partial charge in [0.05, 0.1) is 25.5 Å². The fraction of sp³-hybridized carbons (Fsp3) is 0.0769. The van der Waals surface area contributed by atoms with Gasteiger partial charge >= 0.3 is 0 Å². The van der Waals surface area contributed by atoms with Gasteiger partial charge in [-0.15, -0.1) is 0 Å². The molecule has 0 atom stereocenters. The number of anilines is 1. The lowest BCUT2D eigenvalue weighted by molar-refractivity contribution is -0.385. The van der Waals surface area contributed by atoms with Crippen molar-refractivity contribution in [2.24, 2.45) is 0 Å². The molecule has 2 aromatic carbocycles. The van der Waals surface area contributed by atoms with Crippen LogP contribution in [0, 0.1) is 20.2 Å². The van der Waals surface area contributed by atoms with Crippen molar-refractivity contribution in [3.05, 3.63) is 67.7 Å². The van der Waals surface area contributed by atoms with E-state index in [0.717, 1.165) is 35.6 Å². The first-order valence-electron chi connectivity index (χ1n) is 6.32. The van der Waals surface area contributed by atoms with Crippen molar-refractivity contribution in [3.8, 4) is 0 Å². The molecule has 2 aromatic rings. The zero-order chi connectivity index (χ0) is 18.1. The van der Waals surface area contributed by atoms with Crippen molar-refractivity contribution < 1.29 is 18.3 Å². The number of nitro benzene ring substituents is 2. The summed E-state index contributed by atoms with van der Waals surface area (Å²) in [6.45, 7) is 0. The lowest BCUT2D eigenvalue weighted by Gasteiger charge is -2.20. The van der Waals surface area contributed by atoms with E-state index < -0.39 is 25.6 Å². The van der Waals surface area contributed by atoms with Crippen LogP contribution in [0.4, 0.5) is 17.1 Å². The highest BCUT2D eigenvalue weighted by molar-refractivity contribution is 7.92. The number of nitrogens with zero attached hydrogens (tertiary/aromatic N) is 3. The summed E-state index contributed by atoms with van der Waals surface area (Å²) in [6, 6.07) is 7.82. The van der Waals surface area contributed by atoms with E-state index in [-0.39, 0.29) is 21.3 Å². The Morgan fingerprint density at radius 1 is 1.00 bits per heavy atom. The summed E-state index contributed by atoms with van der Waals surface area (Å²) < 4.78 is 26.0. The van der Waals surface area contributed by atoms with Gasteiger partial charge in [-0.25, -0.2) is 8.42 Å². The van der Waals surface area contributed by atoms with E-state index >= 15 is 0 Å². The monoisotopic (exact) mass is 371 g/mol. The predicted molar refractivity (Wildman–Crippen MR) is 86.8 cm³/mol. The zero-order valence-electron chi connectivity index (χ0n) is 12.1. The van der Waals surface area contributed by atoms with Crippen LogP contribution in [-0.4, -0.2) is 25.3 Å². The summed E-state index contributed by atoms with van der Waals surface area (Å²) in [4.78, 5) is 19.9. The molecule has 0 fully saturated rings. The molecular weight excluding hydrogens is 362 g/mol. The van der Waals surface area contributed by atoms with Gasteiger partial charge in [0, 0.05) is 31.3 Å². The highest BCUT2D eigenvalue weighted by Crippen LogP contribution is 2.33. The molecule has 0 heterocycles. The third-order valence-electron chi connectivity index (χ3n) is 3.17. The minimum Gasteiger partial charge on any atom is -0.268 e. The number of sulfonamides is 1. The van der Waals surface area contributed by atoms with Crippen LogP contribution >= 0.6 is 11.6 Å². The number of benzene rings is 2. The topological polar surface area (TPSA) is 124 Å². The molecule has 11 heteroatoms. The Bertz CT molecular complexity index is 931. The lowest BCUT2D eigenvalue weighted by atomic mass is 10.3. The van der Waals surface area contributed by atoms with Crippen LogP contribution in [0.3, 0.4) is 0 Å². The first-order valence-corrected chi connectivity index (χ1v) is 8.13. The maximum Gasteiger partial charge on any atom is 0.271 e. The van der Waals surface area contributed by atoms with E-state index in [1.807, 2.05) is 0 Å². The Morgan fingerprint density at radius 2 is 1.58 bits per heavy atom. The third kappa shape index (κ3) is 3.29.